The summed E-state index contributed by atoms with van der Waals surface area (Å²) in [4.78, 5) is 15.8. The number of benzene rings is 2. The maximum Gasteiger partial charge on any atom is 0.226 e. The molecule has 0 atom stereocenters. The van der Waals surface area contributed by atoms with Crippen LogP contribution in [0.1, 0.15) is 16.9 Å². The molecule has 1 heterocycles. The highest BCUT2D eigenvalue weighted by Gasteiger charge is 2.11. The average molecular weight is 391 g/mol. The van der Waals surface area contributed by atoms with Crippen LogP contribution < -0.4 is 15.0 Å². The first-order valence-electron chi connectivity index (χ1n) is 8.89. The third-order valence-corrected chi connectivity index (χ3v) is 5.13. The molecule has 3 aromatic rings. The van der Waals surface area contributed by atoms with Crippen LogP contribution in [0.4, 0.5) is 11.4 Å². The van der Waals surface area contributed by atoms with E-state index in [1.807, 2.05) is 30.3 Å². The number of rotatable bonds is 8. The van der Waals surface area contributed by atoms with E-state index in [1.165, 1.54) is 4.88 Å². The molecule has 0 unspecified atom stereocenters. The Kier molecular flexibility index (Phi) is 6.66. The Bertz CT molecular complexity index is 929. The first-order valence-corrected chi connectivity index (χ1v) is 9.77. The van der Waals surface area contributed by atoms with Crippen molar-refractivity contribution in [1.29, 1.82) is 5.26 Å². The summed E-state index contributed by atoms with van der Waals surface area (Å²) < 4.78 is 5.24. The van der Waals surface area contributed by atoms with E-state index < -0.39 is 0 Å². The van der Waals surface area contributed by atoms with E-state index in [2.05, 4.69) is 27.7 Å². The van der Waals surface area contributed by atoms with Gasteiger partial charge in [-0.2, -0.15) is 5.26 Å². The van der Waals surface area contributed by atoms with E-state index in [-0.39, 0.29) is 5.91 Å². The van der Waals surface area contributed by atoms with Gasteiger partial charge in [-0.15, -0.1) is 11.3 Å². The van der Waals surface area contributed by atoms with Crippen molar-refractivity contribution in [2.75, 3.05) is 23.9 Å². The number of methoxy groups -OCH3 is 1. The molecule has 2 aromatic carbocycles. The number of carbonyl (C=O) groups is 1. The monoisotopic (exact) mass is 391 g/mol. The fraction of sp³-hybridized carbons (Fsp3) is 0.182. The van der Waals surface area contributed by atoms with Crippen molar-refractivity contribution in [3.05, 3.63) is 76.5 Å². The highest BCUT2D eigenvalue weighted by molar-refractivity contribution is 7.09. The van der Waals surface area contributed by atoms with Gasteiger partial charge in [0.2, 0.25) is 5.91 Å². The van der Waals surface area contributed by atoms with Gasteiger partial charge in [0.15, 0.2) is 0 Å². The molecule has 0 aliphatic heterocycles. The number of hydrogen-bond donors (Lipinski definition) is 1. The summed E-state index contributed by atoms with van der Waals surface area (Å²) in [7, 11) is 1.64. The first-order chi connectivity index (χ1) is 13.7. The smallest absolute Gasteiger partial charge is 0.226 e. The van der Waals surface area contributed by atoms with Crippen LogP contribution in [0.25, 0.3) is 0 Å². The van der Waals surface area contributed by atoms with Gasteiger partial charge in [-0.1, -0.05) is 6.07 Å². The average Bonchev–Trinajstić information content (AvgIpc) is 3.25. The number of thiophene rings is 1. The summed E-state index contributed by atoms with van der Waals surface area (Å²) in [5.74, 6) is 0.743. The maximum absolute atomic E-state index is 12.4. The van der Waals surface area contributed by atoms with Gasteiger partial charge in [-0.05, 0) is 60.0 Å². The number of ether oxygens (including phenoxy) is 1. The standard InChI is InChI=1S/C22H21N3O2S/c1-27-20-10-8-19(9-11-20)25(16-21-3-2-14-28-21)13-12-22(26)24-18-6-4-17(15-23)5-7-18/h2-11,14H,12-13,16H2,1H3,(H,24,26). The summed E-state index contributed by atoms with van der Waals surface area (Å²) in [6.07, 6.45) is 0.359. The van der Waals surface area contributed by atoms with E-state index in [9.17, 15) is 4.79 Å². The fourth-order valence-electron chi connectivity index (χ4n) is 2.77. The van der Waals surface area contributed by atoms with Crippen LogP contribution in [0.3, 0.4) is 0 Å². The molecule has 0 saturated carbocycles. The van der Waals surface area contributed by atoms with Gasteiger partial charge in [0.25, 0.3) is 0 Å². The summed E-state index contributed by atoms with van der Waals surface area (Å²) in [5, 5.41) is 13.8. The molecule has 0 fully saturated rings. The Morgan fingerprint density at radius 2 is 1.89 bits per heavy atom. The highest BCUT2D eigenvalue weighted by Crippen LogP contribution is 2.23. The molecular formula is C22H21N3O2S. The molecule has 142 valence electrons. The van der Waals surface area contributed by atoms with E-state index >= 15 is 0 Å². The van der Waals surface area contributed by atoms with Crippen LogP contribution in [0.5, 0.6) is 5.75 Å². The lowest BCUT2D eigenvalue weighted by atomic mass is 10.2. The van der Waals surface area contributed by atoms with E-state index in [4.69, 9.17) is 10.00 Å². The molecular weight excluding hydrogens is 370 g/mol. The Hall–Kier alpha value is -3.30. The molecule has 1 amide bonds. The summed E-state index contributed by atoms with van der Waals surface area (Å²) in [6, 6.07) is 20.9. The minimum absolute atomic E-state index is 0.0607. The third-order valence-electron chi connectivity index (χ3n) is 4.27. The largest absolute Gasteiger partial charge is 0.497 e. The second-order valence-electron chi connectivity index (χ2n) is 6.19. The summed E-state index contributed by atoms with van der Waals surface area (Å²) >= 11 is 1.70. The quantitative estimate of drug-likeness (QED) is 0.606. The van der Waals surface area contributed by atoms with Crippen molar-refractivity contribution in [3.8, 4) is 11.8 Å². The van der Waals surface area contributed by atoms with Gasteiger partial charge in [-0.3, -0.25) is 4.79 Å². The molecule has 1 N–H and O–H groups in total. The predicted octanol–water partition coefficient (Wildman–Crippen LogP) is 4.66. The normalized spacial score (nSPS) is 10.1. The van der Waals surface area contributed by atoms with Gasteiger partial charge < -0.3 is 15.0 Å². The van der Waals surface area contributed by atoms with Crippen LogP contribution in [0.2, 0.25) is 0 Å². The van der Waals surface area contributed by atoms with Crippen LogP contribution in [-0.4, -0.2) is 19.6 Å². The Morgan fingerprint density at radius 1 is 1.14 bits per heavy atom. The molecule has 6 heteroatoms. The summed E-state index contributed by atoms with van der Waals surface area (Å²) in [5.41, 5.74) is 2.30. The molecule has 1 aromatic heterocycles. The van der Waals surface area contributed by atoms with Gasteiger partial charge in [0.1, 0.15) is 5.75 Å². The zero-order valence-electron chi connectivity index (χ0n) is 15.6. The van der Waals surface area contributed by atoms with E-state index in [0.717, 1.165) is 18.0 Å². The van der Waals surface area contributed by atoms with Crippen molar-refractivity contribution in [3.63, 3.8) is 0 Å². The topological polar surface area (TPSA) is 65.4 Å². The van der Waals surface area contributed by atoms with Crippen LogP contribution >= 0.6 is 11.3 Å². The number of amides is 1. The van der Waals surface area contributed by atoms with Crippen LogP contribution in [0.15, 0.2) is 66.0 Å². The molecule has 0 aliphatic carbocycles. The Morgan fingerprint density at radius 3 is 2.50 bits per heavy atom. The van der Waals surface area contributed by atoms with Crippen molar-refractivity contribution >= 4 is 28.6 Å². The zero-order chi connectivity index (χ0) is 19.8. The maximum atomic E-state index is 12.4. The molecule has 0 spiro atoms. The number of hydrogen-bond acceptors (Lipinski definition) is 5. The zero-order valence-corrected chi connectivity index (χ0v) is 16.4. The first kappa shape index (κ1) is 19.5. The highest BCUT2D eigenvalue weighted by atomic mass is 32.1. The minimum atomic E-state index is -0.0607. The molecule has 3 rings (SSSR count). The molecule has 5 nitrogen and oxygen atoms in total. The lowest BCUT2D eigenvalue weighted by Crippen LogP contribution is -2.27. The molecule has 0 bridgehead atoms. The Balaban J connectivity index is 1.64. The third kappa shape index (κ3) is 5.35. The molecule has 28 heavy (non-hydrogen) atoms. The lowest BCUT2D eigenvalue weighted by molar-refractivity contribution is -0.116. The number of anilines is 2. The second kappa shape index (κ2) is 9.58. The molecule has 0 saturated heterocycles. The van der Waals surface area contributed by atoms with Crippen molar-refractivity contribution in [1.82, 2.24) is 0 Å². The number of nitrogens with zero attached hydrogens (tertiary/aromatic N) is 2. The van der Waals surface area contributed by atoms with Crippen molar-refractivity contribution in [2.45, 2.75) is 13.0 Å². The van der Waals surface area contributed by atoms with Crippen LogP contribution in [-0.2, 0) is 11.3 Å². The fourth-order valence-corrected chi connectivity index (χ4v) is 3.49. The summed E-state index contributed by atoms with van der Waals surface area (Å²) in [6.45, 7) is 1.33. The molecule has 0 aliphatic rings. The van der Waals surface area contributed by atoms with Crippen LogP contribution in [0, 0.1) is 11.3 Å². The lowest BCUT2D eigenvalue weighted by Gasteiger charge is -2.24. The number of nitrogens with one attached hydrogen (secondary N) is 1. The molecule has 0 radical (unpaired) electrons. The number of carbonyl (C=O) groups excluding carboxylic acids is 1. The SMILES string of the molecule is COc1ccc(N(CCC(=O)Nc2ccc(C#N)cc2)Cc2cccs2)cc1. The van der Waals surface area contributed by atoms with Gasteiger partial charge in [0, 0.05) is 29.2 Å². The van der Waals surface area contributed by atoms with Gasteiger partial charge >= 0.3 is 0 Å². The van der Waals surface area contributed by atoms with E-state index in [1.54, 1.807) is 42.7 Å². The van der Waals surface area contributed by atoms with Crippen molar-refractivity contribution < 1.29 is 9.53 Å². The van der Waals surface area contributed by atoms with Crippen molar-refractivity contribution in [2.24, 2.45) is 0 Å². The second-order valence-corrected chi connectivity index (χ2v) is 7.22. The Labute approximate surface area is 168 Å². The predicted molar refractivity (Wildman–Crippen MR) is 113 cm³/mol. The minimum Gasteiger partial charge on any atom is -0.497 e. The van der Waals surface area contributed by atoms with E-state index in [0.29, 0.717) is 24.2 Å². The van der Waals surface area contributed by atoms with Gasteiger partial charge in [-0.25, -0.2) is 0 Å². The number of nitriles is 1. The van der Waals surface area contributed by atoms with Gasteiger partial charge in [0.05, 0.1) is 25.3 Å².